The first-order chi connectivity index (χ1) is 7.86. The summed E-state index contributed by atoms with van der Waals surface area (Å²) in [6.07, 6.45) is 5.93. The molecule has 0 radical (unpaired) electrons. The van der Waals surface area contributed by atoms with Crippen molar-refractivity contribution in [3.63, 3.8) is 0 Å². The number of pyridine rings is 1. The van der Waals surface area contributed by atoms with Crippen molar-refractivity contribution in [3.05, 3.63) is 30.9 Å². The number of hydrogen-bond acceptors (Lipinski definition) is 4. The molecule has 5 heteroatoms. The fraction of sp³-hybridized carbons (Fsp3) is 0.364. The SMILES string of the molecule is CC[C@@H](CO)n1cnnc1-c1ccncc1. The molecule has 0 aromatic carbocycles. The average Bonchev–Trinajstić information content (AvgIpc) is 2.81. The number of hydrogen-bond donors (Lipinski definition) is 1. The van der Waals surface area contributed by atoms with Gasteiger partial charge in [0.15, 0.2) is 5.82 Å². The third-order valence-corrected chi connectivity index (χ3v) is 2.59. The minimum Gasteiger partial charge on any atom is -0.394 e. The van der Waals surface area contributed by atoms with Crippen LogP contribution in [-0.4, -0.2) is 31.5 Å². The number of aromatic nitrogens is 4. The van der Waals surface area contributed by atoms with Crippen molar-refractivity contribution >= 4 is 0 Å². The molecule has 16 heavy (non-hydrogen) atoms. The van der Waals surface area contributed by atoms with E-state index >= 15 is 0 Å². The summed E-state index contributed by atoms with van der Waals surface area (Å²) in [5.74, 6) is 0.767. The van der Waals surface area contributed by atoms with Gasteiger partial charge in [0.05, 0.1) is 12.6 Å². The van der Waals surface area contributed by atoms with Gasteiger partial charge in [0, 0.05) is 18.0 Å². The fourth-order valence-electron chi connectivity index (χ4n) is 1.63. The highest BCUT2D eigenvalue weighted by molar-refractivity contribution is 5.53. The van der Waals surface area contributed by atoms with Crippen LogP contribution in [0.4, 0.5) is 0 Å². The van der Waals surface area contributed by atoms with Gasteiger partial charge in [-0.3, -0.25) is 4.98 Å². The molecular weight excluding hydrogens is 204 g/mol. The Labute approximate surface area is 93.8 Å². The van der Waals surface area contributed by atoms with E-state index in [9.17, 15) is 5.11 Å². The van der Waals surface area contributed by atoms with Gasteiger partial charge in [0.1, 0.15) is 6.33 Å². The van der Waals surface area contributed by atoms with Crippen LogP contribution in [0.2, 0.25) is 0 Å². The van der Waals surface area contributed by atoms with Crippen LogP contribution >= 0.6 is 0 Å². The minimum atomic E-state index is 0.0261. The summed E-state index contributed by atoms with van der Waals surface area (Å²) >= 11 is 0. The molecule has 0 saturated heterocycles. The van der Waals surface area contributed by atoms with E-state index in [1.54, 1.807) is 18.7 Å². The van der Waals surface area contributed by atoms with Crippen molar-refractivity contribution in [2.24, 2.45) is 0 Å². The molecule has 2 aromatic rings. The lowest BCUT2D eigenvalue weighted by molar-refractivity contribution is 0.225. The van der Waals surface area contributed by atoms with Gasteiger partial charge in [-0.1, -0.05) is 6.92 Å². The molecule has 0 aliphatic rings. The Bertz CT molecular complexity index is 436. The standard InChI is InChI=1S/C11H14N4O/c1-2-10(7-16)15-8-13-14-11(15)9-3-5-12-6-4-9/h3-6,8,10,16H,2,7H2,1H3/t10-/m0/s1. The zero-order valence-corrected chi connectivity index (χ0v) is 9.11. The zero-order chi connectivity index (χ0) is 11.4. The van der Waals surface area contributed by atoms with Crippen LogP contribution < -0.4 is 0 Å². The second kappa shape index (κ2) is 4.85. The molecule has 84 valence electrons. The summed E-state index contributed by atoms with van der Waals surface area (Å²) in [5, 5.41) is 17.3. The Balaban J connectivity index is 2.40. The summed E-state index contributed by atoms with van der Waals surface area (Å²) in [5.41, 5.74) is 0.958. The molecule has 2 rings (SSSR count). The topological polar surface area (TPSA) is 63.8 Å². The predicted molar refractivity (Wildman–Crippen MR) is 59.7 cm³/mol. The van der Waals surface area contributed by atoms with E-state index in [0.29, 0.717) is 0 Å². The molecule has 0 amide bonds. The number of aliphatic hydroxyl groups excluding tert-OH is 1. The molecule has 5 nitrogen and oxygen atoms in total. The summed E-state index contributed by atoms with van der Waals surface area (Å²) in [6.45, 7) is 2.11. The first-order valence-electron chi connectivity index (χ1n) is 5.27. The number of aliphatic hydroxyl groups is 1. The van der Waals surface area contributed by atoms with E-state index in [-0.39, 0.29) is 12.6 Å². The van der Waals surface area contributed by atoms with Crippen LogP contribution in [0, 0.1) is 0 Å². The van der Waals surface area contributed by atoms with Gasteiger partial charge in [-0.15, -0.1) is 10.2 Å². The lowest BCUT2D eigenvalue weighted by atomic mass is 10.2. The highest BCUT2D eigenvalue weighted by atomic mass is 16.3. The maximum absolute atomic E-state index is 9.28. The van der Waals surface area contributed by atoms with Gasteiger partial charge in [-0.2, -0.15) is 0 Å². The second-order valence-corrected chi connectivity index (χ2v) is 3.54. The van der Waals surface area contributed by atoms with E-state index in [2.05, 4.69) is 15.2 Å². The minimum absolute atomic E-state index is 0.0261. The molecule has 0 saturated carbocycles. The fourth-order valence-corrected chi connectivity index (χ4v) is 1.63. The van der Waals surface area contributed by atoms with Gasteiger partial charge in [-0.05, 0) is 18.6 Å². The van der Waals surface area contributed by atoms with E-state index in [4.69, 9.17) is 0 Å². The largest absolute Gasteiger partial charge is 0.394 e. The van der Waals surface area contributed by atoms with Crippen molar-refractivity contribution in [2.45, 2.75) is 19.4 Å². The summed E-state index contributed by atoms with van der Waals surface area (Å²) < 4.78 is 1.90. The zero-order valence-electron chi connectivity index (χ0n) is 9.11. The van der Waals surface area contributed by atoms with Crippen molar-refractivity contribution in [1.29, 1.82) is 0 Å². The van der Waals surface area contributed by atoms with Gasteiger partial charge in [0.2, 0.25) is 0 Å². The number of nitrogens with zero attached hydrogens (tertiary/aromatic N) is 4. The van der Waals surface area contributed by atoms with Crippen molar-refractivity contribution < 1.29 is 5.11 Å². The molecule has 0 bridgehead atoms. The molecule has 1 N–H and O–H groups in total. The van der Waals surface area contributed by atoms with Gasteiger partial charge in [-0.25, -0.2) is 0 Å². The van der Waals surface area contributed by atoms with Crippen LogP contribution in [-0.2, 0) is 0 Å². The van der Waals surface area contributed by atoms with Gasteiger partial charge >= 0.3 is 0 Å². The summed E-state index contributed by atoms with van der Waals surface area (Å²) in [7, 11) is 0. The lowest BCUT2D eigenvalue weighted by Gasteiger charge is -2.15. The average molecular weight is 218 g/mol. The summed E-state index contributed by atoms with van der Waals surface area (Å²) in [6, 6.07) is 3.79. The van der Waals surface area contributed by atoms with Crippen molar-refractivity contribution in [2.75, 3.05) is 6.61 Å². The molecule has 0 aliphatic carbocycles. The molecule has 2 heterocycles. The van der Waals surface area contributed by atoms with E-state index in [1.807, 2.05) is 23.6 Å². The van der Waals surface area contributed by atoms with Crippen LogP contribution in [0.3, 0.4) is 0 Å². The number of rotatable bonds is 4. The third-order valence-electron chi connectivity index (χ3n) is 2.59. The quantitative estimate of drug-likeness (QED) is 0.839. The van der Waals surface area contributed by atoms with Crippen LogP contribution in [0.15, 0.2) is 30.9 Å². The molecule has 0 fully saturated rings. The maximum Gasteiger partial charge on any atom is 0.164 e. The predicted octanol–water partition coefficient (Wildman–Crippen LogP) is 1.28. The van der Waals surface area contributed by atoms with E-state index < -0.39 is 0 Å². The van der Waals surface area contributed by atoms with Crippen LogP contribution in [0.25, 0.3) is 11.4 Å². The first kappa shape index (κ1) is 10.8. The molecule has 2 aromatic heterocycles. The molecule has 0 aliphatic heterocycles. The lowest BCUT2D eigenvalue weighted by Crippen LogP contribution is -2.12. The van der Waals surface area contributed by atoms with Gasteiger partial charge < -0.3 is 9.67 Å². The monoisotopic (exact) mass is 218 g/mol. The first-order valence-corrected chi connectivity index (χ1v) is 5.27. The molecule has 0 unspecified atom stereocenters. The van der Waals surface area contributed by atoms with E-state index in [0.717, 1.165) is 17.8 Å². The molecule has 1 atom stereocenters. The highest BCUT2D eigenvalue weighted by Gasteiger charge is 2.13. The Morgan fingerprint density at radius 1 is 1.38 bits per heavy atom. The second-order valence-electron chi connectivity index (χ2n) is 3.54. The summed E-state index contributed by atoms with van der Waals surface area (Å²) in [4.78, 5) is 3.96. The van der Waals surface area contributed by atoms with Crippen LogP contribution in [0.5, 0.6) is 0 Å². The van der Waals surface area contributed by atoms with Crippen molar-refractivity contribution in [1.82, 2.24) is 19.7 Å². The van der Waals surface area contributed by atoms with Gasteiger partial charge in [0.25, 0.3) is 0 Å². The highest BCUT2D eigenvalue weighted by Crippen LogP contribution is 2.20. The third kappa shape index (κ3) is 1.94. The maximum atomic E-state index is 9.28. The Morgan fingerprint density at radius 3 is 2.75 bits per heavy atom. The molecule has 0 spiro atoms. The Hall–Kier alpha value is -1.75. The normalized spacial score (nSPS) is 12.6. The smallest absolute Gasteiger partial charge is 0.164 e. The molecular formula is C11H14N4O. The van der Waals surface area contributed by atoms with Crippen molar-refractivity contribution in [3.8, 4) is 11.4 Å². The Kier molecular flexibility index (Phi) is 3.26. The van der Waals surface area contributed by atoms with Crippen LogP contribution in [0.1, 0.15) is 19.4 Å². The van der Waals surface area contributed by atoms with E-state index in [1.165, 1.54) is 0 Å². The Morgan fingerprint density at radius 2 is 2.12 bits per heavy atom.